The zero-order valence-electron chi connectivity index (χ0n) is 9.83. The minimum Gasteiger partial charge on any atom is -0.344 e. The standard InChI is InChI=1S/C14H12Cl2FN/c1-18(13-5-3-12(17)4-6-13)14-7-2-11(16)8-10(14)9-15/h2-8H,9H2,1H3. The predicted molar refractivity (Wildman–Crippen MR) is 75.5 cm³/mol. The third-order valence-electron chi connectivity index (χ3n) is 2.76. The van der Waals surface area contributed by atoms with E-state index in [0.717, 1.165) is 16.9 Å². The van der Waals surface area contributed by atoms with E-state index >= 15 is 0 Å². The van der Waals surface area contributed by atoms with Gasteiger partial charge in [-0.05, 0) is 48.0 Å². The van der Waals surface area contributed by atoms with Crippen LogP contribution in [0.3, 0.4) is 0 Å². The van der Waals surface area contributed by atoms with Crippen molar-refractivity contribution in [3.05, 3.63) is 58.9 Å². The van der Waals surface area contributed by atoms with Gasteiger partial charge in [0.2, 0.25) is 0 Å². The fraction of sp³-hybridized carbons (Fsp3) is 0.143. The number of nitrogens with zero attached hydrogens (tertiary/aromatic N) is 1. The van der Waals surface area contributed by atoms with Crippen molar-refractivity contribution in [3.63, 3.8) is 0 Å². The molecule has 0 heterocycles. The summed E-state index contributed by atoms with van der Waals surface area (Å²) in [5, 5.41) is 0.655. The Kier molecular flexibility index (Phi) is 4.10. The maximum Gasteiger partial charge on any atom is 0.123 e. The van der Waals surface area contributed by atoms with E-state index in [1.54, 1.807) is 12.1 Å². The molecule has 4 heteroatoms. The summed E-state index contributed by atoms with van der Waals surface area (Å²) in [6.07, 6.45) is 0. The quantitative estimate of drug-likeness (QED) is 0.718. The first kappa shape index (κ1) is 13.2. The Morgan fingerprint density at radius 1 is 1.11 bits per heavy atom. The van der Waals surface area contributed by atoms with Crippen LogP contribution in [0.1, 0.15) is 5.56 Å². The van der Waals surface area contributed by atoms with Crippen molar-refractivity contribution in [2.45, 2.75) is 5.88 Å². The topological polar surface area (TPSA) is 3.24 Å². The molecule has 0 fully saturated rings. The van der Waals surface area contributed by atoms with Crippen LogP contribution < -0.4 is 4.90 Å². The van der Waals surface area contributed by atoms with Crippen LogP contribution in [0.5, 0.6) is 0 Å². The molecule has 0 radical (unpaired) electrons. The highest BCUT2D eigenvalue weighted by atomic mass is 35.5. The monoisotopic (exact) mass is 283 g/mol. The van der Waals surface area contributed by atoms with Crippen LogP contribution in [0.15, 0.2) is 42.5 Å². The maximum absolute atomic E-state index is 12.9. The van der Waals surface area contributed by atoms with E-state index in [1.807, 2.05) is 30.1 Å². The molecule has 0 N–H and O–H groups in total. The Labute approximate surface area is 116 Å². The van der Waals surface area contributed by atoms with Gasteiger partial charge in [0.15, 0.2) is 0 Å². The van der Waals surface area contributed by atoms with Crippen LogP contribution in [0, 0.1) is 5.82 Å². The fourth-order valence-corrected chi connectivity index (χ4v) is 2.20. The first-order valence-corrected chi connectivity index (χ1v) is 6.37. The van der Waals surface area contributed by atoms with Crippen LogP contribution in [0.25, 0.3) is 0 Å². The summed E-state index contributed by atoms with van der Waals surface area (Å²) in [7, 11) is 1.91. The second kappa shape index (κ2) is 5.59. The van der Waals surface area contributed by atoms with Crippen LogP contribution in [0.2, 0.25) is 5.02 Å². The molecular weight excluding hydrogens is 272 g/mol. The lowest BCUT2D eigenvalue weighted by Crippen LogP contribution is -2.11. The summed E-state index contributed by atoms with van der Waals surface area (Å²) < 4.78 is 12.9. The molecule has 0 unspecified atom stereocenters. The molecule has 0 aromatic heterocycles. The first-order valence-electron chi connectivity index (χ1n) is 5.45. The number of rotatable bonds is 3. The highest BCUT2D eigenvalue weighted by Crippen LogP contribution is 2.30. The molecule has 2 rings (SSSR count). The zero-order valence-corrected chi connectivity index (χ0v) is 11.3. The molecule has 18 heavy (non-hydrogen) atoms. The molecule has 2 aromatic rings. The van der Waals surface area contributed by atoms with E-state index in [-0.39, 0.29) is 5.82 Å². The highest BCUT2D eigenvalue weighted by Gasteiger charge is 2.09. The van der Waals surface area contributed by atoms with Crippen LogP contribution in [0.4, 0.5) is 15.8 Å². The molecule has 0 aliphatic carbocycles. The molecule has 0 atom stereocenters. The van der Waals surface area contributed by atoms with Crippen molar-refractivity contribution < 1.29 is 4.39 Å². The second-order valence-corrected chi connectivity index (χ2v) is 4.65. The molecule has 0 saturated heterocycles. The zero-order chi connectivity index (χ0) is 13.1. The Balaban J connectivity index is 2.39. The van der Waals surface area contributed by atoms with Crippen molar-refractivity contribution in [1.29, 1.82) is 0 Å². The van der Waals surface area contributed by atoms with E-state index in [4.69, 9.17) is 23.2 Å². The Morgan fingerprint density at radius 3 is 2.39 bits per heavy atom. The van der Waals surface area contributed by atoms with Crippen molar-refractivity contribution >= 4 is 34.6 Å². The van der Waals surface area contributed by atoms with E-state index in [1.165, 1.54) is 12.1 Å². The van der Waals surface area contributed by atoms with Crippen LogP contribution in [-0.4, -0.2) is 7.05 Å². The van der Waals surface area contributed by atoms with E-state index < -0.39 is 0 Å². The van der Waals surface area contributed by atoms with Gasteiger partial charge in [-0.2, -0.15) is 0 Å². The largest absolute Gasteiger partial charge is 0.344 e. The lowest BCUT2D eigenvalue weighted by molar-refractivity contribution is 0.628. The van der Waals surface area contributed by atoms with Gasteiger partial charge < -0.3 is 4.90 Å². The molecular formula is C14H12Cl2FN. The minimum atomic E-state index is -0.249. The van der Waals surface area contributed by atoms with Gasteiger partial charge in [-0.15, -0.1) is 11.6 Å². The maximum atomic E-state index is 12.9. The van der Waals surface area contributed by atoms with E-state index in [0.29, 0.717) is 10.9 Å². The summed E-state index contributed by atoms with van der Waals surface area (Å²) in [5.41, 5.74) is 2.79. The molecule has 0 amide bonds. The van der Waals surface area contributed by atoms with Crippen molar-refractivity contribution in [2.24, 2.45) is 0 Å². The van der Waals surface area contributed by atoms with Crippen molar-refractivity contribution in [3.8, 4) is 0 Å². The third-order valence-corrected chi connectivity index (χ3v) is 3.28. The average molecular weight is 284 g/mol. The third kappa shape index (κ3) is 2.77. The molecule has 0 spiro atoms. The molecule has 1 nitrogen and oxygen atoms in total. The molecule has 0 aliphatic rings. The summed E-state index contributed by atoms with van der Waals surface area (Å²) in [4.78, 5) is 1.95. The van der Waals surface area contributed by atoms with Gasteiger partial charge in [-0.1, -0.05) is 11.6 Å². The molecule has 0 aliphatic heterocycles. The predicted octanol–water partition coefficient (Wildman–Crippen LogP) is 4.99. The number of halogens is 3. The second-order valence-electron chi connectivity index (χ2n) is 3.94. The highest BCUT2D eigenvalue weighted by molar-refractivity contribution is 6.30. The summed E-state index contributed by atoms with van der Waals surface area (Å²) in [5.74, 6) is 0.127. The number of benzene rings is 2. The average Bonchev–Trinajstić information content (AvgIpc) is 2.38. The van der Waals surface area contributed by atoms with E-state index in [9.17, 15) is 4.39 Å². The van der Waals surface area contributed by atoms with Crippen molar-refractivity contribution in [2.75, 3.05) is 11.9 Å². The van der Waals surface area contributed by atoms with Gasteiger partial charge in [0, 0.05) is 29.3 Å². The molecule has 0 saturated carbocycles. The van der Waals surface area contributed by atoms with Gasteiger partial charge in [0.05, 0.1) is 0 Å². The van der Waals surface area contributed by atoms with Crippen molar-refractivity contribution in [1.82, 2.24) is 0 Å². The lowest BCUT2D eigenvalue weighted by atomic mass is 10.1. The number of hydrogen-bond donors (Lipinski definition) is 0. The van der Waals surface area contributed by atoms with Gasteiger partial charge in [0.25, 0.3) is 0 Å². The first-order chi connectivity index (χ1) is 8.61. The van der Waals surface area contributed by atoms with E-state index in [2.05, 4.69) is 0 Å². The fourth-order valence-electron chi connectivity index (χ4n) is 1.79. The summed E-state index contributed by atoms with van der Waals surface area (Å²) in [6.45, 7) is 0. The molecule has 0 bridgehead atoms. The summed E-state index contributed by atoms with van der Waals surface area (Å²) >= 11 is 11.9. The van der Waals surface area contributed by atoms with Gasteiger partial charge in [-0.3, -0.25) is 0 Å². The Hall–Kier alpha value is -1.25. The van der Waals surface area contributed by atoms with Crippen LogP contribution >= 0.6 is 23.2 Å². The minimum absolute atomic E-state index is 0.249. The Morgan fingerprint density at radius 2 is 1.78 bits per heavy atom. The SMILES string of the molecule is CN(c1ccc(F)cc1)c1ccc(Cl)cc1CCl. The van der Waals surface area contributed by atoms with Gasteiger partial charge in [0.1, 0.15) is 5.82 Å². The normalized spacial score (nSPS) is 10.4. The summed E-state index contributed by atoms with van der Waals surface area (Å²) in [6, 6.07) is 11.9. The molecule has 2 aromatic carbocycles. The number of anilines is 2. The number of alkyl halides is 1. The van der Waals surface area contributed by atoms with Crippen LogP contribution in [-0.2, 0) is 5.88 Å². The lowest BCUT2D eigenvalue weighted by Gasteiger charge is -2.22. The Bertz CT molecular complexity index is 540. The van der Waals surface area contributed by atoms with Gasteiger partial charge >= 0.3 is 0 Å². The smallest absolute Gasteiger partial charge is 0.123 e. The molecule has 94 valence electrons. The van der Waals surface area contributed by atoms with Gasteiger partial charge in [-0.25, -0.2) is 4.39 Å². The number of hydrogen-bond acceptors (Lipinski definition) is 1.